The number of fused-ring (bicyclic) bond motifs is 1. The van der Waals surface area contributed by atoms with Gasteiger partial charge in [-0.25, -0.2) is 0 Å². The summed E-state index contributed by atoms with van der Waals surface area (Å²) in [6.45, 7) is 0.587. The highest BCUT2D eigenvalue weighted by Crippen LogP contribution is 2.35. The van der Waals surface area contributed by atoms with Crippen LogP contribution in [0, 0.1) is 5.41 Å². The van der Waals surface area contributed by atoms with Gasteiger partial charge in [-0.15, -0.1) is 0 Å². The van der Waals surface area contributed by atoms with E-state index in [9.17, 15) is 18.0 Å². The van der Waals surface area contributed by atoms with Crippen LogP contribution in [0.3, 0.4) is 0 Å². The summed E-state index contributed by atoms with van der Waals surface area (Å²) >= 11 is 0.208. The number of amides is 1. The average Bonchev–Trinajstić information content (AvgIpc) is 3.25. The van der Waals surface area contributed by atoms with Crippen LogP contribution in [0.25, 0.3) is 6.08 Å². The van der Waals surface area contributed by atoms with Crippen LogP contribution in [0.1, 0.15) is 5.56 Å². The number of hydrazone groups is 1. The van der Waals surface area contributed by atoms with E-state index in [1.165, 1.54) is 6.08 Å². The molecule has 0 saturated carbocycles. The van der Waals surface area contributed by atoms with Crippen LogP contribution in [0.15, 0.2) is 64.2 Å². The number of nitrogens with one attached hydrogen (secondary N) is 1. The van der Waals surface area contributed by atoms with Crippen LogP contribution < -0.4 is 14.2 Å². The molecule has 12 heteroatoms. The molecule has 8 nitrogen and oxygen atoms in total. The van der Waals surface area contributed by atoms with Gasteiger partial charge in [0.15, 0.2) is 5.84 Å². The summed E-state index contributed by atoms with van der Waals surface area (Å²) in [4.78, 5) is 15.9. The number of hydrogen-bond donors (Lipinski definition) is 1. The molecule has 0 aliphatic carbocycles. The number of thioether (sulfide) groups is 1. The lowest BCUT2D eigenvalue weighted by Crippen LogP contribution is -2.35. The maximum atomic E-state index is 12.9. The van der Waals surface area contributed by atoms with Crippen molar-refractivity contribution in [2.24, 2.45) is 10.1 Å². The van der Waals surface area contributed by atoms with E-state index in [1.54, 1.807) is 43.5 Å². The van der Waals surface area contributed by atoms with E-state index in [0.717, 1.165) is 0 Å². The molecule has 2 aliphatic heterocycles. The summed E-state index contributed by atoms with van der Waals surface area (Å²) in [5, 5.41) is 10.7. The molecule has 4 rings (SSSR count). The van der Waals surface area contributed by atoms with Crippen molar-refractivity contribution in [1.82, 2.24) is 5.01 Å². The first-order valence-corrected chi connectivity index (χ1v) is 10.6. The van der Waals surface area contributed by atoms with Crippen molar-refractivity contribution in [1.29, 1.82) is 5.41 Å². The zero-order valence-electron chi connectivity index (χ0n) is 17.6. The summed E-state index contributed by atoms with van der Waals surface area (Å²) in [5.41, 5.74) is 0.371. The van der Waals surface area contributed by atoms with Gasteiger partial charge in [-0.3, -0.25) is 10.2 Å². The Morgan fingerprint density at radius 3 is 2.41 bits per heavy atom. The number of ether oxygens (including phenoxy) is 3. The van der Waals surface area contributed by atoms with Gasteiger partial charge in [-0.1, -0.05) is 18.2 Å². The monoisotopic (exact) mass is 490 g/mol. The first kappa shape index (κ1) is 23.4. The minimum atomic E-state index is -4.69. The second-order valence-corrected chi connectivity index (χ2v) is 7.82. The van der Waals surface area contributed by atoms with Crippen molar-refractivity contribution in [2.45, 2.75) is 6.18 Å². The number of hydrogen-bond acceptors (Lipinski definition) is 7. The van der Waals surface area contributed by atoms with Gasteiger partial charge in [0.05, 0.1) is 12.7 Å². The number of alkyl halides is 3. The average molecular weight is 490 g/mol. The van der Waals surface area contributed by atoms with Crippen molar-refractivity contribution >= 4 is 39.8 Å². The van der Waals surface area contributed by atoms with Crippen LogP contribution >= 0.6 is 11.8 Å². The lowest BCUT2D eigenvalue weighted by Gasteiger charge is -2.20. The third-order valence-electron chi connectivity index (χ3n) is 4.55. The highest BCUT2D eigenvalue weighted by Gasteiger charge is 2.46. The number of carbonyl (C=O) groups is 1. The van der Waals surface area contributed by atoms with Gasteiger partial charge in [-0.2, -0.15) is 28.3 Å². The number of aliphatic imine (C=N–C) groups is 1. The predicted molar refractivity (Wildman–Crippen MR) is 121 cm³/mol. The molecule has 176 valence electrons. The van der Waals surface area contributed by atoms with Gasteiger partial charge in [0, 0.05) is 6.07 Å². The first-order chi connectivity index (χ1) is 16.2. The highest BCUT2D eigenvalue weighted by molar-refractivity contribution is 8.27. The molecule has 0 spiro atoms. The topological polar surface area (TPSA) is 96.6 Å². The molecular weight excluding hydrogens is 473 g/mol. The largest absolute Gasteiger partial charge is 0.497 e. The van der Waals surface area contributed by atoms with Crippen molar-refractivity contribution in [3.8, 4) is 17.2 Å². The molecule has 0 saturated heterocycles. The van der Waals surface area contributed by atoms with Gasteiger partial charge < -0.3 is 14.2 Å². The van der Waals surface area contributed by atoms with Crippen molar-refractivity contribution < 1.29 is 32.2 Å². The summed E-state index contributed by atoms with van der Waals surface area (Å²) in [5.74, 6) is 0.607. The summed E-state index contributed by atoms with van der Waals surface area (Å²) in [6, 6.07) is 13.8. The molecule has 1 amide bonds. The smallest absolute Gasteiger partial charge is 0.441 e. The zero-order valence-corrected chi connectivity index (χ0v) is 18.4. The molecule has 2 aromatic rings. The molecule has 2 aromatic carbocycles. The van der Waals surface area contributed by atoms with Gasteiger partial charge >= 0.3 is 6.18 Å². The Kier molecular flexibility index (Phi) is 6.59. The quantitative estimate of drug-likeness (QED) is 0.458. The number of carbonyl (C=O) groups excluding carboxylic acids is 1. The van der Waals surface area contributed by atoms with Gasteiger partial charge in [0.25, 0.3) is 5.91 Å². The Labute approximate surface area is 196 Å². The van der Waals surface area contributed by atoms with Crippen molar-refractivity contribution in [3.05, 3.63) is 59.7 Å². The van der Waals surface area contributed by atoms with Gasteiger partial charge in [-0.05, 0) is 47.7 Å². The number of rotatable bonds is 7. The molecule has 0 fully saturated rings. The van der Waals surface area contributed by atoms with Crippen molar-refractivity contribution in [2.75, 3.05) is 20.3 Å². The molecular formula is C22H17F3N4O4S. The molecule has 2 aliphatic rings. The van der Waals surface area contributed by atoms with E-state index in [0.29, 0.717) is 34.4 Å². The van der Waals surface area contributed by atoms with E-state index in [-0.39, 0.29) is 29.1 Å². The lowest BCUT2D eigenvalue weighted by atomic mass is 10.1. The SMILES string of the molecule is COc1cccc(OCCOc2ccc(/C=C3\C(=N)N4N=C(C(F)(F)F)SC4=NC3=O)cc2)c1. The molecule has 0 atom stereocenters. The maximum absolute atomic E-state index is 12.9. The molecule has 2 heterocycles. The maximum Gasteiger partial charge on any atom is 0.441 e. The Morgan fingerprint density at radius 1 is 1.06 bits per heavy atom. The number of methoxy groups -OCH3 is 1. The fraction of sp³-hybridized carbons (Fsp3) is 0.182. The van der Waals surface area contributed by atoms with Gasteiger partial charge in [0.2, 0.25) is 10.2 Å². The second kappa shape index (κ2) is 9.59. The number of nitrogens with zero attached hydrogens (tertiary/aromatic N) is 3. The minimum Gasteiger partial charge on any atom is -0.497 e. The van der Waals surface area contributed by atoms with E-state index < -0.39 is 23.0 Å². The number of amidine groups is 2. The summed E-state index contributed by atoms with van der Waals surface area (Å²) in [7, 11) is 1.57. The fourth-order valence-corrected chi connectivity index (χ4v) is 3.70. The Balaban J connectivity index is 1.36. The van der Waals surface area contributed by atoms with Crippen LogP contribution in [0.5, 0.6) is 17.2 Å². The van der Waals surface area contributed by atoms with Crippen LogP contribution in [-0.4, -0.2) is 53.5 Å². The van der Waals surface area contributed by atoms with E-state index in [2.05, 4.69) is 10.1 Å². The van der Waals surface area contributed by atoms with Crippen LogP contribution in [0.4, 0.5) is 13.2 Å². The normalized spacial score (nSPS) is 16.8. The third-order valence-corrected chi connectivity index (χ3v) is 5.50. The number of benzene rings is 2. The molecule has 0 radical (unpaired) electrons. The molecule has 34 heavy (non-hydrogen) atoms. The van der Waals surface area contributed by atoms with E-state index >= 15 is 0 Å². The molecule has 0 bridgehead atoms. The summed E-state index contributed by atoms with van der Waals surface area (Å²) in [6.07, 6.45) is -3.32. The first-order valence-electron chi connectivity index (χ1n) is 9.82. The second-order valence-electron chi connectivity index (χ2n) is 6.87. The van der Waals surface area contributed by atoms with Crippen LogP contribution in [-0.2, 0) is 4.79 Å². The predicted octanol–water partition coefficient (Wildman–Crippen LogP) is 4.33. The van der Waals surface area contributed by atoms with E-state index in [1.807, 2.05) is 12.1 Å². The molecule has 0 aromatic heterocycles. The number of halogens is 3. The Hall–Kier alpha value is -3.80. The van der Waals surface area contributed by atoms with Crippen molar-refractivity contribution in [3.63, 3.8) is 0 Å². The Morgan fingerprint density at radius 2 is 1.74 bits per heavy atom. The third kappa shape index (κ3) is 5.22. The highest BCUT2D eigenvalue weighted by atomic mass is 32.2. The molecule has 0 unspecified atom stereocenters. The van der Waals surface area contributed by atoms with E-state index in [4.69, 9.17) is 19.6 Å². The zero-order chi connectivity index (χ0) is 24.3. The standard InChI is InChI=1S/C22H17F3N4O4S/c1-31-15-3-2-4-16(12-15)33-10-9-32-14-7-5-13(6-8-14)11-17-18(26)29-21(27-19(17)30)34-20(28-29)22(23,24)25/h2-8,11-12,26H,9-10H2,1H3/b17-11+,26-18?. The fourth-order valence-electron chi connectivity index (χ4n) is 2.94. The molecule has 1 N–H and O–H groups in total. The lowest BCUT2D eigenvalue weighted by molar-refractivity contribution is -0.114. The minimum absolute atomic E-state index is 0.170. The Bertz CT molecular complexity index is 1210. The van der Waals surface area contributed by atoms with Crippen LogP contribution in [0.2, 0.25) is 0 Å². The summed E-state index contributed by atoms with van der Waals surface area (Å²) < 4.78 is 55.1. The van der Waals surface area contributed by atoms with Gasteiger partial charge in [0.1, 0.15) is 30.5 Å².